The summed E-state index contributed by atoms with van der Waals surface area (Å²) in [6.45, 7) is 6.81. The maximum absolute atomic E-state index is 10.7. The molecule has 0 bridgehead atoms. The van der Waals surface area contributed by atoms with E-state index in [2.05, 4.69) is 67.0 Å². The second kappa shape index (κ2) is 7.22. The maximum Gasteiger partial charge on any atom is 0.485 e. The molecule has 0 N–H and O–H groups in total. The first kappa shape index (κ1) is 20.6. The number of hydrogen-bond donors (Lipinski definition) is 0. The standard InChI is InChI=1S/C13H16NSSi.CHF3O3S/c1-14-11-7-5-6-8-12(11)15-13(14)9-10-16(2,3)4;2-1(3,4)8(5,6)7/h5-8H,1-4H3;(H,5,6,7)/q+1;/p-1. The Kier molecular flexibility index (Phi) is 6.21. The van der Waals surface area contributed by atoms with Crippen LogP contribution in [0.5, 0.6) is 0 Å². The summed E-state index contributed by atoms with van der Waals surface area (Å²) >= 11 is 1.78. The molecule has 0 amide bonds. The van der Waals surface area contributed by atoms with Crippen molar-refractivity contribution in [2.75, 3.05) is 0 Å². The lowest BCUT2D eigenvalue weighted by atomic mass is 10.3. The highest BCUT2D eigenvalue weighted by molar-refractivity contribution is 7.86. The first-order chi connectivity index (χ1) is 10.7. The maximum atomic E-state index is 10.7. The van der Waals surface area contributed by atoms with Crippen LogP contribution in [0, 0.1) is 11.5 Å². The van der Waals surface area contributed by atoms with E-state index in [9.17, 15) is 13.2 Å². The van der Waals surface area contributed by atoms with Gasteiger partial charge in [-0.25, -0.2) is 8.42 Å². The van der Waals surface area contributed by atoms with Gasteiger partial charge in [0.15, 0.2) is 10.1 Å². The number of para-hydroxylation sites is 1. The lowest BCUT2D eigenvalue weighted by Gasteiger charge is -2.08. The lowest BCUT2D eigenvalue weighted by molar-refractivity contribution is -0.642. The third kappa shape index (κ3) is 5.90. The van der Waals surface area contributed by atoms with Crippen LogP contribution in [0.25, 0.3) is 10.2 Å². The summed E-state index contributed by atoms with van der Waals surface area (Å²) in [4.78, 5) is 0. The monoisotopic (exact) mass is 395 g/mol. The summed E-state index contributed by atoms with van der Waals surface area (Å²) in [5.74, 6) is 3.34. The number of aryl methyl sites for hydroxylation is 1. The molecule has 0 radical (unpaired) electrons. The van der Waals surface area contributed by atoms with Crippen LogP contribution in [0.4, 0.5) is 13.2 Å². The highest BCUT2D eigenvalue weighted by Crippen LogP contribution is 2.20. The number of benzene rings is 1. The molecule has 1 aromatic heterocycles. The van der Waals surface area contributed by atoms with Gasteiger partial charge in [0, 0.05) is 12.0 Å². The molecular weight excluding hydrogens is 379 g/mol. The van der Waals surface area contributed by atoms with Crippen LogP contribution in [0.1, 0.15) is 5.01 Å². The second-order valence-corrected chi connectivity index (χ2v) is 13.0. The molecule has 132 valence electrons. The Morgan fingerprint density at radius 1 is 1.21 bits per heavy atom. The van der Waals surface area contributed by atoms with Gasteiger partial charge in [-0.05, 0) is 6.07 Å². The summed E-state index contributed by atoms with van der Waals surface area (Å²) in [6.07, 6.45) is 0. The predicted molar refractivity (Wildman–Crippen MR) is 89.0 cm³/mol. The molecule has 0 saturated heterocycles. The molecule has 10 heteroatoms. The number of fused-ring (bicyclic) bond motifs is 1. The SMILES string of the molecule is C[n+]1c(C#C[Si](C)(C)C)sc2ccccc21.O=S(=O)([O-])C(F)(F)F. The third-order valence-electron chi connectivity index (χ3n) is 2.57. The van der Waals surface area contributed by atoms with E-state index in [1.54, 1.807) is 11.3 Å². The van der Waals surface area contributed by atoms with Crippen molar-refractivity contribution in [2.45, 2.75) is 25.1 Å². The normalized spacial score (nSPS) is 12.2. The number of aromatic nitrogens is 1. The van der Waals surface area contributed by atoms with Crippen molar-refractivity contribution in [3.63, 3.8) is 0 Å². The number of thiazole rings is 1. The molecule has 2 rings (SSSR count). The van der Waals surface area contributed by atoms with Gasteiger partial charge in [0.25, 0.3) is 0 Å². The fourth-order valence-electron chi connectivity index (χ4n) is 1.45. The Labute approximate surface area is 143 Å². The van der Waals surface area contributed by atoms with Crippen LogP contribution in [0.2, 0.25) is 19.6 Å². The summed E-state index contributed by atoms with van der Waals surface area (Å²) in [7, 11) is -5.28. The van der Waals surface area contributed by atoms with Crippen LogP contribution in [-0.2, 0) is 17.2 Å². The molecular formula is C14H16F3NO3S2Si. The summed E-state index contributed by atoms with van der Waals surface area (Å²) < 4.78 is 62.4. The summed E-state index contributed by atoms with van der Waals surface area (Å²) in [5, 5.41) is 1.16. The Morgan fingerprint density at radius 2 is 1.71 bits per heavy atom. The zero-order valence-electron chi connectivity index (χ0n) is 13.4. The van der Waals surface area contributed by atoms with Gasteiger partial charge in [-0.15, -0.1) is 5.54 Å². The fourth-order valence-corrected chi connectivity index (χ4v) is 3.04. The van der Waals surface area contributed by atoms with Gasteiger partial charge >= 0.3 is 10.5 Å². The van der Waals surface area contributed by atoms with Crippen molar-refractivity contribution >= 4 is 39.7 Å². The molecule has 0 spiro atoms. The van der Waals surface area contributed by atoms with E-state index in [0.717, 1.165) is 5.01 Å². The van der Waals surface area contributed by atoms with Gasteiger partial charge in [-0.1, -0.05) is 43.1 Å². The molecule has 0 aliphatic rings. The van der Waals surface area contributed by atoms with Crippen LogP contribution in [0.3, 0.4) is 0 Å². The largest absolute Gasteiger partial charge is 0.741 e. The zero-order valence-corrected chi connectivity index (χ0v) is 16.1. The fraction of sp³-hybridized carbons (Fsp3) is 0.357. The molecule has 0 atom stereocenters. The number of hydrogen-bond acceptors (Lipinski definition) is 4. The minimum atomic E-state index is -6.09. The van der Waals surface area contributed by atoms with Gasteiger partial charge in [0.2, 0.25) is 5.52 Å². The zero-order chi connectivity index (χ0) is 18.8. The molecule has 0 saturated carbocycles. The van der Waals surface area contributed by atoms with Crippen LogP contribution in [-0.4, -0.2) is 26.6 Å². The van der Waals surface area contributed by atoms with Gasteiger partial charge in [-0.2, -0.15) is 17.7 Å². The first-order valence-corrected chi connectivity index (χ1v) is 12.4. The predicted octanol–water partition coefficient (Wildman–Crippen LogP) is 3.01. The molecule has 1 heterocycles. The van der Waals surface area contributed by atoms with Crippen LogP contribution in [0.15, 0.2) is 24.3 Å². The Hall–Kier alpha value is -1.41. The second-order valence-electron chi connectivity index (χ2n) is 5.83. The minimum Gasteiger partial charge on any atom is -0.741 e. The molecule has 0 fully saturated rings. The summed E-state index contributed by atoms with van der Waals surface area (Å²) in [6, 6.07) is 8.45. The van der Waals surface area contributed by atoms with Crippen molar-refractivity contribution in [2.24, 2.45) is 7.05 Å². The first-order valence-electron chi connectivity index (χ1n) is 6.65. The van der Waals surface area contributed by atoms with Crippen molar-refractivity contribution < 1.29 is 30.7 Å². The van der Waals surface area contributed by atoms with Crippen LogP contribution < -0.4 is 4.57 Å². The Morgan fingerprint density at radius 3 is 2.12 bits per heavy atom. The summed E-state index contributed by atoms with van der Waals surface area (Å²) in [5.41, 5.74) is -0.957. The van der Waals surface area contributed by atoms with Gasteiger partial charge in [-0.3, -0.25) is 0 Å². The average Bonchev–Trinajstić information content (AvgIpc) is 2.71. The molecule has 0 unspecified atom stereocenters. The topological polar surface area (TPSA) is 61.1 Å². The van der Waals surface area contributed by atoms with E-state index in [0.29, 0.717) is 0 Å². The van der Waals surface area contributed by atoms with Crippen molar-refractivity contribution in [1.82, 2.24) is 0 Å². The van der Waals surface area contributed by atoms with E-state index < -0.39 is 23.7 Å². The molecule has 1 aromatic carbocycles. The molecule has 2 aromatic rings. The number of halogens is 3. The highest BCUT2D eigenvalue weighted by Gasteiger charge is 2.36. The van der Waals surface area contributed by atoms with Crippen molar-refractivity contribution in [1.29, 1.82) is 0 Å². The van der Waals surface area contributed by atoms with Gasteiger partial charge in [0.1, 0.15) is 19.8 Å². The number of nitrogens with zero attached hydrogens (tertiary/aromatic N) is 1. The van der Waals surface area contributed by atoms with Gasteiger partial charge in [0.05, 0.1) is 0 Å². The van der Waals surface area contributed by atoms with E-state index in [1.807, 2.05) is 0 Å². The van der Waals surface area contributed by atoms with E-state index in [-0.39, 0.29) is 0 Å². The highest BCUT2D eigenvalue weighted by atomic mass is 32.2. The minimum absolute atomic E-state index is 1.16. The van der Waals surface area contributed by atoms with E-state index >= 15 is 0 Å². The quantitative estimate of drug-likeness (QED) is 0.227. The molecule has 0 aliphatic carbocycles. The molecule has 4 nitrogen and oxygen atoms in total. The Bertz CT molecular complexity index is 888. The third-order valence-corrected chi connectivity index (χ3v) is 5.14. The Balaban J connectivity index is 0.000000307. The smallest absolute Gasteiger partial charge is 0.485 e. The molecule has 24 heavy (non-hydrogen) atoms. The molecule has 0 aliphatic heterocycles. The van der Waals surface area contributed by atoms with E-state index in [4.69, 9.17) is 13.0 Å². The van der Waals surface area contributed by atoms with Crippen molar-refractivity contribution in [3.8, 4) is 11.5 Å². The van der Waals surface area contributed by atoms with E-state index in [1.165, 1.54) is 10.2 Å². The lowest BCUT2D eigenvalue weighted by Crippen LogP contribution is -2.29. The number of alkyl halides is 3. The number of rotatable bonds is 0. The van der Waals surface area contributed by atoms with Gasteiger partial charge < -0.3 is 4.55 Å². The average molecular weight is 396 g/mol. The van der Waals surface area contributed by atoms with Crippen LogP contribution >= 0.6 is 11.3 Å². The van der Waals surface area contributed by atoms with Crippen molar-refractivity contribution in [3.05, 3.63) is 29.3 Å².